The number of hydrogen-bond acceptors (Lipinski definition) is 2. The maximum Gasteiger partial charge on any atom is 0.207 e. The van der Waals surface area contributed by atoms with E-state index >= 15 is 0 Å². The monoisotopic (exact) mass is 223 g/mol. The van der Waals surface area contributed by atoms with E-state index < -0.39 is 0 Å². The van der Waals surface area contributed by atoms with E-state index in [1.807, 2.05) is 36.0 Å². The number of anilines is 2. The van der Waals surface area contributed by atoms with E-state index in [1.165, 1.54) is 10.8 Å². The highest BCUT2D eigenvalue weighted by Crippen LogP contribution is 2.25. The summed E-state index contributed by atoms with van der Waals surface area (Å²) >= 11 is 0. The largest absolute Gasteiger partial charge is 0.325 e. The maximum absolute atomic E-state index is 4.27. The van der Waals surface area contributed by atoms with Gasteiger partial charge in [-0.1, -0.05) is 36.4 Å². The zero-order chi connectivity index (χ0) is 11.7. The van der Waals surface area contributed by atoms with Crippen LogP contribution in [0.4, 0.5) is 11.6 Å². The van der Waals surface area contributed by atoms with Crippen LogP contribution in [0.2, 0.25) is 0 Å². The highest BCUT2D eigenvalue weighted by molar-refractivity contribution is 5.94. The first-order valence-corrected chi connectivity index (χ1v) is 5.57. The fourth-order valence-electron chi connectivity index (χ4n) is 1.94. The van der Waals surface area contributed by atoms with Gasteiger partial charge in [0.2, 0.25) is 5.95 Å². The van der Waals surface area contributed by atoms with Crippen molar-refractivity contribution in [1.82, 2.24) is 9.55 Å². The first kappa shape index (κ1) is 9.90. The fraction of sp³-hybridized carbons (Fsp3) is 0.0714. The Hall–Kier alpha value is -2.29. The van der Waals surface area contributed by atoms with Crippen LogP contribution in [0.25, 0.3) is 10.8 Å². The van der Waals surface area contributed by atoms with Gasteiger partial charge in [0.05, 0.1) is 0 Å². The molecule has 0 radical (unpaired) electrons. The molecular formula is C14H13N3. The molecule has 3 nitrogen and oxygen atoms in total. The first-order valence-electron chi connectivity index (χ1n) is 5.57. The Morgan fingerprint density at radius 1 is 1.06 bits per heavy atom. The van der Waals surface area contributed by atoms with E-state index in [9.17, 15) is 0 Å². The van der Waals surface area contributed by atoms with Gasteiger partial charge in [-0.05, 0) is 11.5 Å². The molecule has 84 valence electrons. The minimum absolute atomic E-state index is 0.848. The number of aryl methyl sites for hydroxylation is 1. The van der Waals surface area contributed by atoms with E-state index in [1.54, 1.807) is 6.20 Å². The van der Waals surface area contributed by atoms with E-state index in [0.29, 0.717) is 0 Å². The van der Waals surface area contributed by atoms with Crippen molar-refractivity contribution >= 4 is 22.4 Å². The Balaban J connectivity index is 2.09. The minimum Gasteiger partial charge on any atom is -0.325 e. The summed E-state index contributed by atoms with van der Waals surface area (Å²) in [6, 6.07) is 14.5. The van der Waals surface area contributed by atoms with Crippen molar-refractivity contribution in [3.8, 4) is 0 Å². The highest BCUT2D eigenvalue weighted by Gasteiger charge is 2.03. The quantitative estimate of drug-likeness (QED) is 0.722. The third-order valence-electron chi connectivity index (χ3n) is 2.86. The second kappa shape index (κ2) is 3.94. The van der Waals surface area contributed by atoms with Gasteiger partial charge in [-0.2, -0.15) is 0 Å². The molecule has 1 N–H and O–H groups in total. The SMILES string of the molecule is Cn1ccnc1Nc1cccc2ccccc12. The summed E-state index contributed by atoms with van der Waals surface area (Å²) in [5.41, 5.74) is 1.08. The van der Waals surface area contributed by atoms with E-state index in [2.05, 4.69) is 34.6 Å². The molecule has 0 amide bonds. The second-order valence-corrected chi connectivity index (χ2v) is 4.01. The third-order valence-corrected chi connectivity index (χ3v) is 2.86. The zero-order valence-electron chi connectivity index (χ0n) is 9.59. The molecule has 17 heavy (non-hydrogen) atoms. The molecule has 0 unspecified atom stereocenters. The number of hydrogen-bond donors (Lipinski definition) is 1. The molecule has 3 rings (SSSR count). The number of rotatable bonds is 2. The van der Waals surface area contributed by atoms with Gasteiger partial charge in [-0.15, -0.1) is 0 Å². The normalized spacial score (nSPS) is 10.6. The smallest absolute Gasteiger partial charge is 0.207 e. The summed E-state index contributed by atoms with van der Waals surface area (Å²) < 4.78 is 1.96. The van der Waals surface area contributed by atoms with Gasteiger partial charge in [-0.25, -0.2) is 4.98 Å². The number of nitrogens with one attached hydrogen (secondary N) is 1. The topological polar surface area (TPSA) is 29.9 Å². The molecule has 0 saturated carbocycles. The first-order chi connectivity index (χ1) is 8.34. The Morgan fingerprint density at radius 2 is 1.88 bits per heavy atom. The van der Waals surface area contributed by atoms with E-state index in [-0.39, 0.29) is 0 Å². The molecule has 0 bridgehead atoms. The van der Waals surface area contributed by atoms with Gasteiger partial charge in [0.25, 0.3) is 0 Å². The Bertz CT molecular complexity index is 650. The summed E-state index contributed by atoms with van der Waals surface area (Å²) in [5, 5.41) is 5.78. The average Bonchev–Trinajstić information content (AvgIpc) is 2.76. The van der Waals surface area contributed by atoms with Crippen LogP contribution in [0.5, 0.6) is 0 Å². The molecule has 3 heteroatoms. The van der Waals surface area contributed by atoms with Gasteiger partial charge in [0, 0.05) is 30.5 Å². The fourth-order valence-corrected chi connectivity index (χ4v) is 1.94. The lowest BCUT2D eigenvalue weighted by Gasteiger charge is -2.09. The molecule has 0 fully saturated rings. The number of benzene rings is 2. The van der Waals surface area contributed by atoms with Gasteiger partial charge in [-0.3, -0.25) is 0 Å². The number of fused-ring (bicyclic) bond motifs is 1. The molecule has 0 aliphatic carbocycles. The molecule has 0 aliphatic rings. The van der Waals surface area contributed by atoms with Crippen LogP contribution in [-0.2, 0) is 7.05 Å². The third kappa shape index (κ3) is 1.76. The van der Waals surface area contributed by atoms with Crippen LogP contribution in [0.1, 0.15) is 0 Å². The Morgan fingerprint density at radius 3 is 2.71 bits per heavy atom. The van der Waals surface area contributed by atoms with Crippen molar-refractivity contribution in [2.24, 2.45) is 7.05 Å². The zero-order valence-corrected chi connectivity index (χ0v) is 9.59. The lowest BCUT2D eigenvalue weighted by molar-refractivity contribution is 0.925. The summed E-state index contributed by atoms with van der Waals surface area (Å²) in [6.07, 6.45) is 3.71. The lowest BCUT2D eigenvalue weighted by atomic mass is 10.1. The molecular weight excluding hydrogens is 210 g/mol. The number of imidazole rings is 1. The standard InChI is InChI=1S/C14H13N3/c1-17-10-9-15-14(17)16-13-8-4-6-11-5-2-3-7-12(11)13/h2-10H,1H3,(H,15,16). The lowest BCUT2D eigenvalue weighted by Crippen LogP contribution is -1.98. The summed E-state index contributed by atoms with van der Waals surface area (Å²) in [6.45, 7) is 0. The van der Waals surface area contributed by atoms with Gasteiger partial charge < -0.3 is 9.88 Å². The van der Waals surface area contributed by atoms with Crippen molar-refractivity contribution in [3.05, 3.63) is 54.9 Å². The second-order valence-electron chi connectivity index (χ2n) is 4.01. The van der Waals surface area contributed by atoms with Gasteiger partial charge in [0.1, 0.15) is 0 Å². The summed E-state index contributed by atoms with van der Waals surface area (Å²) in [7, 11) is 1.97. The number of nitrogens with zero attached hydrogens (tertiary/aromatic N) is 2. The van der Waals surface area contributed by atoms with Crippen LogP contribution < -0.4 is 5.32 Å². The Kier molecular flexibility index (Phi) is 2.29. The van der Waals surface area contributed by atoms with Crippen molar-refractivity contribution in [3.63, 3.8) is 0 Å². The van der Waals surface area contributed by atoms with Crippen LogP contribution in [0.15, 0.2) is 54.9 Å². The molecule has 1 aromatic heterocycles. The summed E-state index contributed by atoms with van der Waals surface area (Å²) in [5.74, 6) is 0.848. The van der Waals surface area contributed by atoms with Crippen LogP contribution in [-0.4, -0.2) is 9.55 Å². The Labute approximate surface area is 99.7 Å². The van der Waals surface area contributed by atoms with Crippen LogP contribution in [0, 0.1) is 0 Å². The number of aromatic nitrogens is 2. The van der Waals surface area contributed by atoms with Crippen molar-refractivity contribution < 1.29 is 0 Å². The van der Waals surface area contributed by atoms with Crippen molar-refractivity contribution in [1.29, 1.82) is 0 Å². The summed E-state index contributed by atoms with van der Waals surface area (Å²) in [4.78, 5) is 4.27. The van der Waals surface area contributed by atoms with Crippen LogP contribution >= 0.6 is 0 Å². The van der Waals surface area contributed by atoms with Crippen molar-refractivity contribution in [2.45, 2.75) is 0 Å². The average molecular weight is 223 g/mol. The molecule has 2 aromatic carbocycles. The molecule has 0 atom stereocenters. The predicted octanol–water partition coefficient (Wildman–Crippen LogP) is 3.32. The molecule has 3 aromatic rings. The van der Waals surface area contributed by atoms with E-state index in [0.717, 1.165) is 11.6 Å². The van der Waals surface area contributed by atoms with Crippen LogP contribution in [0.3, 0.4) is 0 Å². The van der Waals surface area contributed by atoms with E-state index in [4.69, 9.17) is 0 Å². The predicted molar refractivity (Wildman–Crippen MR) is 70.4 cm³/mol. The van der Waals surface area contributed by atoms with Gasteiger partial charge >= 0.3 is 0 Å². The van der Waals surface area contributed by atoms with Crippen molar-refractivity contribution in [2.75, 3.05) is 5.32 Å². The molecule has 0 saturated heterocycles. The molecule has 0 aliphatic heterocycles. The highest BCUT2D eigenvalue weighted by atomic mass is 15.2. The van der Waals surface area contributed by atoms with Gasteiger partial charge in [0.15, 0.2) is 0 Å². The molecule has 0 spiro atoms. The molecule has 1 heterocycles. The maximum atomic E-state index is 4.27. The minimum atomic E-state index is 0.848.